The first-order chi connectivity index (χ1) is 21.2. The largest absolute Gasteiger partial charge is 0.454 e. The Morgan fingerprint density at radius 2 is 1.59 bits per heavy atom. The van der Waals surface area contributed by atoms with E-state index in [0.717, 1.165) is 28.8 Å². The number of carbonyl (C=O) groups is 4. The second-order valence-electron chi connectivity index (χ2n) is 9.45. The Kier molecular flexibility index (Phi) is 8.47. The molecule has 2 amide bonds. The van der Waals surface area contributed by atoms with Gasteiger partial charge in [0.2, 0.25) is 11.8 Å². The van der Waals surface area contributed by atoms with Gasteiger partial charge < -0.3 is 10.5 Å². The molecule has 4 aromatic rings. The summed E-state index contributed by atoms with van der Waals surface area (Å²) in [5.74, 6) is -2.99. The van der Waals surface area contributed by atoms with Crippen molar-refractivity contribution in [3.8, 4) is 23.3 Å². The topological polar surface area (TPSA) is 167 Å². The molecule has 0 saturated carbocycles. The predicted molar refractivity (Wildman–Crippen MR) is 158 cm³/mol. The highest BCUT2D eigenvalue weighted by Crippen LogP contribution is 2.40. The monoisotopic (exact) mass is 605 g/mol. The number of esters is 1. The summed E-state index contributed by atoms with van der Waals surface area (Å²) in [5.41, 5.74) is 7.51. The number of ether oxygens (including phenoxy) is 1. The van der Waals surface area contributed by atoms with E-state index in [1.54, 1.807) is 30.3 Å². The first kappa shape index (κ1) is 29.6. The smallest absolute Gasteiger partial charge is 0.338 e. The van der Waals surface area contributed by atoms with E-state index in [1.165, 1.54) is 36.4 Å². The van der Waals surface area contributed by atoms with Gasteiger partial charge in [-0.15, -0.1) is 0 Å². The zero-order valence-electron chi connectivity index (χ0n) is 22.7. The first-order valence-electron chi connectivity index (χ1n) is 13.0. The van der Waals surface area contributed by atoms with E-state index in [1.807, 2.05) is 6.07 Å². The summed E-state index contributed by atoms with van der Waals surface area (Å²) in [6, 6.07) is 23.1. The molecular weight excluding hydrogens is 585 g/mol. The summed E-state index contributed by atoms with van der Waals surface area (Å²) in [6.45, 7) is -0.557. The minimum atomic E-state index is -0.930. The third kappa shape index (κ3) is 5.88. The molecule has 0 spiro atoms. The van der Waals surface area contributed by atoms with Crippen LogP contribution in [0.2, 0.25) is 0 Å². The Morgan fingerprint density at radius 3 is 2.23 bits per heavy atom. The molecular formula is C32H20FN5O5S. The molecule has 2 heterocycles. The number of amides is 2. The van der Waals surface area contributed by atoms with Crippen molar-refractivity contribution in [1.82, 2.24) is 4.98 Å². The average molecular weight is 606 g/mol. The standard InChI is InChI=1S/C32H20FN5O5S/c33-21-10-6-18(7-11-21)25(39)17-43-32(42)20-8-12-22(13-9-20)38-27(40)14-26(31(38)41)44-30-24(16-35)28(19-4-2-1-3-5-19)23(15-34)29(36)37-30/h1-13,26H,14,17H2,(H2,36,37). The summed E-state index contributed by atoms with van der Waals surface area (Å²) >= 11 is 0.909. The van der Waals surface area contributed by atoms with Crippen LogP contribution in [0.4, 0.5) is 15.9 Å². The van der Waals surface area contributed by atoms with Crippen molar-refractivity contribution in [2.45, 2.75) is 16.7 Å². The van der Waals surface area contributed by atoms with Gasteiger partial charge in [0.1, 0.15) is 34.4 Å². The second-order valence-corrected chi connectivity index (χ2v) is 10.6. The van der Waals surface area contributed by atoms with Crippen LogP contribution >= 0.6 is 11.8 Å². The van der Waals surface area contributed by atoms with Gasteiger partial charge in [0.05, 0.1) is 22.1 Å². The molecule has 10 nitrogen and oxygen atoms in total. The normalized spacial score (nSPS) is 14.2. The third-order valence-corrected chi connectivity index (χ3v) is 7.87. The Labute approximate surface area is 254 Å². The van der Waals surface area contributed by atoms with Gasteiger partial charge in [0, 0.05) is 17.5 Å². The second kappa shape index (κ2) is 12.6. The molecule has 3 aromatic carbocycles. The zero-order valence-corrected chi connectivity index (χ0v) is 23.5. The molecule has 0 bridgehead atoms. The molecule has 0 aliphatic carbocycles. The molecule has 2 N–H and O–H groups in total. The number of aromatic nitrogens is 1. The fourth-order valence-electron chi connectivity index (χ4n) is 4.56. The van der Waals surface area contributed by atoms with E-state index in [9.17, 15) is 34.1 Å². The number of nitriles is 2. The van der Waals surface area contributed by atoms with Crippen LogP contribution in [0.5, 0.6) is 0 Å². The molecule has 0 radical (unpaired) electrons. The van der Waals surface area contributed by atoms with Crippen LogP contribution in [0.25, 0.3) is 11.1 Å². The first-order valence-corrected chi connectivity index (χ1v) is 13.9. The SMILES string of the molecule is N#Cc1c(N)nc(SC2CC(=O)N(c3ccc(C(=O)OCC(=O)c4ccc(F)cc4)cc3)C2=O)c(C#N)c1-c1ccccc1. The number of hydrogen-bond donors (Lipinski definition) is 1. The van der Waals surface area contributed by atoms with E-state index in [-0.39, 0.29) is 45.2 Å². The minimum absolute atomic E-state index is 0.0333. The van der Waals surface area contributed by atoms with E-state index < -0.39 is 41.2 Å². The number of nitrogens with zero attached hydrogens (tertiary/aromatic N) is 4. The van der Waals surface area contributed by atoms with Gasteiger partial charge >= 0.3 is 5.97 Å². The molecule has 1 aromatic heterocycles. The molecule has 1 saturated heterocycles. The number of thioether (sulfide) groups is 1. The number of imide groups is 1. The molecule has 1 aliphatic rings. The number of nitrogens with two attached hydrogens (primary N) is 1. The lowest BCUT2D eigenvalue weighted by molar-refractivity contribution is -0.121. The molecule has 216 valence electrons. The summed E-state index contributed by atoms with van der Waals surface area (Å²) in [5, 5.41) is 18.9. The molecule has 1 unspecified atom stereocenters. The predicted octanol–water partition coefficient (Wildman–Crippen LogP) is 4.68. The van der Waals surface area contributed by atoms with Gasteiger partial charge in [-0.05, 0) is 54.1 Å². The minimum Gasteiger partial charge on any atom is -0.454 e. The number of benzene rings is 3. The number of halogens is 1. The number of hydrogen-bond acceptors (Lipinski definition) is 10. The van der Waals surface area contributed by atoms with Gasteiger partial charge in [-0.3, -0.25) is 14.4 Å². The lowest BCUT2D eigenvalue weighted by atomic mass is 9.97. The van der Waals surface area contributed by atoms with E-state index in [0.29, 0.717) is 11.1 Å². The van der Waals surface area contributed by atoms with Crippen LogP contribution in [0.3, 0.4) is 0 Å². The Morgan fingerprint density at radius 1 is 0.955 bits per heavy atom. The Bertz CT molecular complexity index is 1880. The van der Waals surface area contributed by atoms with Crippen molar-refractivity contribution in [3.05, 3.63) is 107 Å². The fourth-order valence-corrected chi connectivity index (χ4v) is 5.68. The summed E-state index contributed by atoms with van der Waals surface area (Å²) in [7, 11) is 0. The van der Waals surface area contributed by atoms with Gasteiger partial charge in [0.25, 0.3) is 0 Å². The summed E-state index contributed by atoms with van der Waals surface area (Å²) in [4.78, 5) is 56.2. The molecule has 1 aliphatic heterocycles. The van der Waals surface area contributed by atoms with Crippen LogP contribution in [0, 0.1) is 28.5 Å². The number of ketones is 1. The molecule has 12 heteroatoms. The zero-order chi connectivity index (χ0) is 31.4. The molecule has 5 rings (SSSR count). The lowest BCUT2D eigenvalue weighted by Crippen LogP contribution is -2.31. The van der Waals surface area contributed by atoms with Crippen molar-refractivity contribution < 1.29 is 28.3 Å². The van der Waals surface area contributed by atoms with E-state index in [4.69, 9.17) is 10.5 Å². The highest BCUT2D eigenvalue weighted by Gasteiger charge is 2.41. The highest BCUT2D eigenvalue weighted by atomic mass is 32.2. The Balaban J connectivity index is 1.31. The summed E-state index contributed by atoms with van der Waals surface area (Å²) < 4.78 is 18.1. The lowest BCUT2D eigenvalue weighted by Gasteiger charge is -2.16. The van der Waals surface area contributed by atoms with Crippen LogP contribution in [-0.4, -0.2) is 40.4 Å². The maximum atomic E-state index is 13.4. The van der Waals surface area contributed by atoms with Crippen molar-refractivity contribution in [2.75, 3.05) is 17.2 Å². The third-order valence-electron chi connectivity index (χ3n) is 6.70. The fraction of sp³-hybridized carbons (Fsp3) is 0.0938. The van der Waals surface area contributed by atoms with Gasteiger partial charge in [-0.25, -0.2) is 19.1 Å². The summed E-state index contributed by atoms with van der Waals surface area (Å²) in [6.07, 6.45) is -0.189. The molecule has 1 fully saturated rings. The highest BCUT2D eigenvalue weighted by molar-refractivity contribution is 8.00. The average Bonchev–Trinajstić information content (AvgIpc) is 3.31. The maximum absolute atomic E-state index is 13.4. The maximum Gasteiger partial charge on any atom is 0.338 e. The number of carbonyl (C=O) groups excluding carboxylic acids is 4. The van der Waals surface area contributed by atoms with Crippen LogP contribution in [0.15, 0.2) is 83.9 Å². The van der Waals surface area contributed by atoms with Crippen LogP contribution < -0.4 is 10.6 Å². The van der Waals surface area contributed by atoms with Crippen LogP contribution in [0.1, 0.15) is 38.3 Å². The van der Waals surface area contributed by atoms with Crippen molar-refractivity contribution in [2.24, 2.45) is 0 Å². The number of nitrogen functional groups attached to an aromatic ring is 1. The quantitative estimate of drug-likeness (QED) is 0.169. The van der Waals surface area contributed by atoms with Gasteiger partial charge in [-0.1, -0.05) is 42.1 Å². The Hall–Kier alpha value is -5.85. The van der Waals surface area contributed by atoms with Crippen molar-refractivity contribution in [3.63, 3.8) is 0 Å². The van der Waals surface area contributed by atoms with Gasteiger partial charge in [0.15, 0.2) is 12.4 Å². The van der Waals surface area contributed by atoms with Crippen molar-refractivity contribution in [1.29, 1.82) is 10.5 Å². The van der Waals surface area contributed by atoms with E-state index in [2.05, 4.69) is 11.1 Å². The number of pyridine rings is 1. The molecule has 44 heavy (non-hydrogen) atoms. The van der Waals surface area contributed by atoms with Crippen molar-refractivity contribution >= 4 is 46.8 Å². The van der Waals surface area contributed by atoms with Crippen LogP contribution in [-0.2, 0) is 14.3 Å². The number of rotatable bonds is 8. The molecule has 1 atom stereocenters. The number of Topliss-reactive ketones (excluding diaryl/α,β-unsaturated/α-hetero) is 1. The number of anilines is 2. The van der Waals surface area contributed by atoms with E-state index >= 15 is 0 Å². The van der Waals surface area contributed by atoms with Gasteiger partial charge in [-0.2, -0.15) is 10.5 Å².